The molecule has 8 heteroatoms. The van der Waals surface area contributed by atoms with E-state index < -0.39 is 48.3 Å². The maximum atomic E-state index is 13.3. The van der Waals surface area contributed by atoms with Gasteiger partial charge in [-0.3, -0.25) is 9.59 Å². The van der Waals surface area contributed by atoms with E-state index in [4.69, 9.17) is 0 Å². The van der Waals surface area contributed by atoms with Crippen molar-refractivity contribution in [3.05, 3.63) is 30.3 Å². The van der Waals surface area contributed by atoms with E-state index in [9.17, 15) is 23.2 Å². The Kier molecular flexibility index (Phi) is 6.65. The van der Waals surface area contributed by atoms with E-state index in [1.54, 1.807) is 30.3 Å². The number of ether oxygens (including phenoxy) is 1. The molecule has 0 saturated heterocycles. The molecule has 1 saturated carbocycles. The first-order chi connectivity index (χ1) is 12.3. The highest BCUT2D eigenvalue weighted by atomic mass is 19.3. The summed E-state index contributed by atoms with van der Waals surface area (Å²) >= 11 is 0. The van der Waals surface area contributed by atoms with Crippen LogP contribution in [0, 0.1) is 5.92 Å². The summed E-state index contributed by atoms with van der Waals surface area (Å²) in [7, 11) is 0. The van der Waals surface area contributed by atoms with E-state index in [-0.39, 0.29) is 19.4 Å². The number of hydrogen-bond donors (Lipinski definition) is 0. The van der Waals surface area contributed by atoms with E-state index in [1.165, 1.54) is 6.92 Å². The number of esters is 1. The van der Waals surface area contributed by atoms with Gasteiger partial charge in [0, 0.05) is 18.8 Å². The lowest BCUT2D eigenvalue weighted by atomic mass is 9.81. The van der Waals surface area contributed by atoms with Crippen molar-refractivity contribution in [3.63, 3.8) is 0 Å². The van der Waals surface area contributed by atoms with Crippen molar-refractivity contribution in [2.75, 3.05) is 6.61 Å². The van der Waals surface area contributed by atoms with Crippen LogP contribution in [0.2, 0.25) is 0 Å². The van der Waals surface area contributed by atoms with Gasteiger partial charge in [-0.25, -0.2) is 13.6 Å². The van der Waals surface area contributed by atoms with E-state index in [0.29, 0.717) is 5.69 Å². The second-order valence-electron chi connectivity index (χ2n) is 6.07. The first-order valence-electron chi connectivity index (χ1n) is 8.42. The zero-order valence-corrected chi connectivity index (χ0v) is 14.4. The maximum Gasteiger partial charge on any atom is 0.377 e. The van der Waals surface area contributed by atoms with Crippen LogP contribution in [0.1, 0.15) is 32.6 Å². The summed E-state index contributed by atoms with van der Waals surface area (Å²) in [4.78, 5) is 36.7. The van der Waals surface area contributed by atoms with Crippen molar-refractivity contribution >= 4 is 23.2 Å². The number of ketones is 2. The number of alkyl halides is 2. The number of rotatable bonds is 7. The lowest BCUT2D eigenvalue weighted by molar-refractivity contribution is -0.155. The van der Waals surface area contributed by atoms with Gasteiger partial charge in [-0.1, -0.05) is 18.2 Å². The Labute approximate surface area is 149 Å². The number of hydrogen-bond acceptors (Lipinski definition) is 6. The molecule has 26 heavy (non-hydrogen) atoms. The van der Waals surface area contributed by atoms with Crippen molar-refractivity contribution in [3.8, 4) is 0 Å². The number of nitrogens with zero attached hydrogens (tertiary/aromatic N) is 2. The van der Waals surface area contributed by atoms with Crippen LogP contribution in [0.25, 0.3) is 0 Å². The number of carbonyl (C=O) groups excluding carboxylic acids is 3. The Morgan fingerprint density at radius 1 is 1.19 bits per heavy atom. The first-order valence-corrected chi connectivity index (χ1v) is 8.42. The highest BCUT2D eigenvalue weighted by molar-refractivity contribution is 6.40. The average molecular weight is 366 g/mol. The summed E-state index contributed by atoms with van der Waals surface area (Å²) < 4.78 is 31.3. The quantitative estimate of drug-likeness (QED) is 0.319. The van der Waals surface area contributed by atoms with Crippen molar-refractivity contribution in [2.24, 2.45) is 16.1 Å². The largest absolute Gasteiger partial charge is 0.460 e. The van der Waals surface area contributed by atoms with Crippen LogP contribution in [-0.2, 0) is 19.1 Å². The van der Waals surface area contributed by atoms with Crippen LogP contribution < -0.4 is 0 Å². The summed E-state index contributed by atoms with van der Waals surface area (Å²) in [5, 5.41) is 7.59. The van der Waals surface area contributed by atoms with Crippen LogP contribution in [0.4, 0.5) is 14.5 Å². The van der Waals surface area contributed by atoms with E-state index in [1.807, 2.05) is 0 Å². The molecule has 0 bridgehead atoms. The molecule has 6 nitrogen and oxygen atoms in total. The third-order valence-electron chi connectivity index (χ3n) is 4.16. The van der Waals surface area contributed by atoms with Crippen LogP contribution in [-0.4, -0.2) is 36.1 Å². The number of azo groups is 1. The van der Waals surface area contributed by atoms with Crippen LogP contribution in [0.15, 0.2) is 40.6 Å². The van der Waals surface area contributed by atoms with Gasteiger partial charge in [-0.15, -0.1) is 0 Å². The fourth-order valence-corrected chi connectivity index (χ4v) is 2.72. The molecule has 1 unspecified atom stereocenters. The zero-order valence-electron chi connectivity index (χ0n) is 14.4. The molecule has 1 aromatic rings. The minimum Gasteiger partial charge on any atom is -0.460 e. The molecule has 0 N–H and O–H groups in total. The number of carbonyl (C=O) groups is 3. The topological polar surface area (TPSA) is 85.2 Å². The summed E-state index contributed by atoms with van der Waals surface area (Å²) in [5.74, 6) is -6.54. The maximum absolute atomic E-state index is 13.3. The summed E-state index contributed by atoms with van der Waals surface area (Å²) in [6, 6.07) is 6.70. The summed E-state index contributed by atoms with van der Waals surface area (Å²) in [6.07, 6.45) is -0.975. The fourth-order valence-electron chi connectivity index (χ4n) is 2.72. The number of benzene rings is 1. The molecule has 0 amide bonds. The molecule has 0 aliphatic heterocycles. The Hall–Kier alpha value is -2.51. The van der Waals surface area contributed by atoms with Crippen molar-refractivity contribution in [1.82, 2.24) is 0 Å². The van der Waals surface area contributed by atoms with Crippen molar-refractivity contribution in [2.45, 2.75) is 44.6 Å². The van der Waals surface area contributed by atoms with Gasteiger partial charge in [0.1, 0.15) is 0 Å². The molecule has 140 valence electrons. The van der Waals surface area contributed by atoms with E-state index in [2.05, 4.69) is 15.0 Å². The monoisotopic (exact) mass is 366 g/mol. The fraction of sp³-hybridized carbons (Fsp3) is 0.500. The lowest BCUT2D eigenvalue weighted by Gasteiger charge is -2.28. The van der Waals surface area contributed by atoms with Crippen LogP contribution in [0.3, 0.4) is 0 Å². The molecule has 1 atom stereocenters. The molecular weight excluding hydrogens is 346 g/mol. The average Bonchev–Trinajstić information content (AvgIpc) is 2.62. The third-order valence-corrected chi connectivity index (χ3v) is 4.16. The Balaban J connectivity index is 2.19. The predicted molar refractivity (Wildman–Crippen MR) is 88.3 cm³/mol. The van der Waals surface area contributed by atoms with E-state index >= 15 is 0 Å². The zero-order chi connectivity index (χ0) is 19.2. The van der Waals surface area contributed by atoms with Gasteiger partial charge in [0.2, 0.25) is 5.92 Å². The summed E-state index contributed by atoms with van der Waals surface area (Å²) in [5.41, 5.74) is 0.400. The van der Waals surface area contributed by atoms with Crippen LogP contribution in [0.5, 0.6) is 0 Å². The lowest BCUT2D eigenvalue weighted by Crippen LogP contribution is -2.40. The van der Waals surface area contributed by atoms with Gasteiger partial charge in [0.15, 0.2) is 11.8 Å². The van der Waals surface area contributed by atoms with Crippen LogP contribution >= 0.6 is 0 Å². The molecule has 0 heterocycles. The second-order valence-corrected chi connectivity index (χ2v) is 6.07. The number of Topliss-reactive ketones (excluding diaryl/α,β-unsaturated/α-hetero) is 2. The Morgan fingerprint density at radius 3 is 2.38 bits per heavy atom. The van der Waals surface area contributed by atoms with Crippen molar-refractivity contribution < 1.29 is 27.9 Å². The first kappa shape index (κ1) is 19.8. The Morgan fingerprint density at radius 2 is 1.81 bits per heavy atom. The Bertz CT molecular complexity index is 682. The molecule has 1 aromatic carbocycles. The standard InChI is InChI=1S/C18H20F2N2O4/c1-2-26-17(25)16(24)14(22-21-13-6-4-3-5-7-13)15(23)12-8-10-18(19,20)11-9-12/h3-7,12,14H,2,8-11H2,1H3. The normalized spacial score (nSPS) is 18.4. The van der Waals surface area contributed by atoms with Gasteiger partial charge in [-0.2, -0.15) is 10.2 Å². The molecule has 1 fully saturated rings. The summed E-state index contributed by atoms with van der Waals surface area (Å²) in [6.45, 7) is 1.49. The smallest absolute Gasteiger partial charge is 0.377 e. The predicted octanol–water partition coefficient (Wildman–Crippen LogP) is 3.67. The molecular formula is C18H20F2N2O4. The van der Waals surface area contributed by atoms with Gasteiger partial charge in [0.05, 0.1) is 12.3 Å². The minimum atomic E-state index is -2.80. The van der Waals surface area contributed by atoms with E-state index in [0.717, 1.165) is 0 Å². The molecule has 0 aromatic heterocycles. The minimum absolute atomic E-state index is 0.0308. The molecule has 2 rings (SSSR count). The molecule has 0 radical (unpaired) electrons. The van der Waals surface area contributed by atoms with Crippen molar-refractivity contribution in [1.29, 1.82) is 0 Å². The number of halogens is 2. The van der Waals surface area contributed by atoms with Gasteiger partial charge >= 0.3 is 5.97 Å². The molecule has 0 spiro atoms. The molecule has 1 aliphatic carbocycles. The highest BCUT2D eigenvalue weighted by Gasteiger charge is 2.42. The van der Waals surface area contributed by atoms with Gasteiger partial charge < -0.3 is 4.74 Å². The second kappa shape index (κ2) is 8.73. The van der Waals surface area contributed by atoms with Gasteiger partial charge in [0.25, 0.3) is 5.78 Å². The third kappa shape index (κ3) is 5.24. The molecule has 1 aliphatic rings. The van der Waals surface area contributed by atoms with Gasteiger partial charge in [-0.05, 0) is 31.9 Å². The highest BCUT2D eigenvalue weighted by Crippen LogP contribution is 2.37. The SMILES string of the molecule is CCOC(=O)C(=O)C(N=Nc1ccccc1)C(=O)C1CCC(F)(F)CC1.